The summed E-state index contributed by atoms with van der Waals surface area (Å²) >= 11 is 0. The van der Waals surface area contributed by atoms with E-state index in [2.05, 4.69) is 15.6 Å². The lowest BCUT2D eigenvalue weighted by molar-refractivity contribution is 0.0696. The molecule has 0 saturated heterocycles. The Balaban J connectivity index is 1.53. The molecule has 6 nitrogen and oxygen atoms in total. The molecule has 2 aliphatic rings. The Morgan fingerprint density at radius 2 is 2.10 bits per heavy atom. The van der Waals surface area contributed by atoms with Crippen LogP contribution >= 0.6 is 0 Å². The molecule has 20 heavy (non-hydrogen) atoms. The van der Waals surface area contributed by atoms with Gasteiger partial charge in [0.15, 0.2) is 0 Å². The molecule has 1 aromatic rings. The third-order valence-corrected chi connectivity index (χ3v) is 4.18. The second kappa shape index (κ2) is 4.77. The van der Waals surface area contributed by atoms with Gasteiger partial charge in [-0.1, -0.05) is 0 Å². The second-order valence-corrected chi connectivity index (χ2v) is 5.71. The smallest absolute Gasteiger partial charge is 0.337 e. The average molecular weight is 275 g/mol. The van der Waals surface area contributed by atoms with Gasteiger partial charge in [-0.05, 0) is 43.1 Å². The van der Waals surface area contributed by atoms with Crippen LogP contribution in [0.2, 0.25) is 0 Å². The van der Waals surface area contributed by atoms with Gasteiger partial charge in [0, 0.05) is 12.7 Å². The van der Waals surface area contributed by atoms with Gasteiger partial charge < -0.3 is 15.7 Å². The van der Waals surface area contributed by atoms with Crippen molar-refractivity contribution in [3.63, 3.8) is 0 Å². The number of hydrogen-bond donors (Lipinski definition) is 3. The summed E-state index contributed by atoms with van der Waals surface area (Å²) in [5, 5.41) is 14.4. The van der Waals surface area contributed by atoms with E-state index in [0.717, 1.165) is 5.92 Å². The van der Waals surface area contributed by atoms with E-state index in [1.807, 2.05) is 0 Å². The fourth-order valence-electron chi connectivity index (χ4n) is 2.64. The number of nitrogens with one attached hydrogen (secondary N) is 2. The molecule has 2 fully saturated rings. The van der Waals surface area contributed by atoms with Crippen molar-refractivity contribution in [3.8, 4) is 0 Å². The summed E-state index contributed by atoms with van der Waals surface area (Å²) in [6, 6.07) is 1.09. The van der Waals surface area contributed by atoms with Crippen LogP contribution in [-0.2, 0) is 0 Å². The van der Waals surface area contributed by atoms with Crippen molar-refractivity contribution in [1.82, 2.24) is 10.3 Å². The molecule has 0 aromatic carbocycles. The minimum Gasteiger partial charge on any atom is -0.478 e. The predicted octanol–water partition coefficient (Wildman–Crippen LogP) is 2.09. The number of hydrogen-bond acceptors (Lipinski definition) is 3. The van der Waals surface area contributed by atoms with Crippen LogP contribution < -0.4 is 10.6 Å². The Morgan fingerprint density at radius 1 is 1.35 bits per heavy atom. The molecule has 2 saturated carbocycles. The number of anilines is 1. The van der Waals surface area contributed by atoms with E-state index in [1.54, 1.807) is 0 Å². The number of carbonyl (C=O) groups excluding carboxylic acids is 1. The Bertz CT molecular complexity index is 550. The number of carboxylic acids is 1. The van der Waals surface area contributed by atoms with Gasteiger partial charge in [0.2, 0.25) is 0 Å². The van der Waals surface area contributed by atoms with Crippen LogP contribution in [0.5, 0.6) is 0 Å². The van der Waals surface area contributed by atoms with E-state index in [9.17, 15) is 9.59 Å². The number of pyridine rings is 1. The molecular weight excluding hydrogens is 258 g/mol. The van der Waals surface area contributed by atoms with Gasteiger partial charge in [-0.15, -0.1) is 0 Å². The maximum atomic E-state index is 11.8. The topological polar surface area (TPSA) is 91.3 Å². The van der Waals surface area contributed by atoms with Crippen molar-refractivity contribution in [2.75, 3.05) is 11.9 Å². The van der Waals surface area contributed by atoms with Crippen molar-refractivity contribution < 1.29 is 14.7 Å². The molecule has 1 heterocycles. The molecule has 2 amide bonds. The number of rotatable bonds is 5. The molecular formula is C14H17N3O3. The Hall–Kier alpha value is -2.11. The summed E-state index contributed by atoms with van der Waals surface area (Å²) in [5.41, 5.74) is 0.788. The first-order valence-corrected chi connectivity index (χ1v) is 6.82. The maximum absolute atomic E-state index is 11.8. The molecule has 0 radical (unpaired) electrons. The van der Waals surface area contributed by atoms with E-state index in [-0.39, 0.29) is 11.6 Å². The maximum Gasteiger partial charge on any atom is 0.337 e. The number of urea groups is 1. The van der Waals surface area contributed by atoms with Crippen molar-refractivity contribution >= 4 is 17.7 Å². The van der Waals surface area contributed by atoms with Crippen LogP contribution in [0.4, 0.5) is 10.5 Å². The van der Waals surface area contributed by atoms with Crippen LogP contribution in [0.15, 0.2) is 18.5 Å². The molecule has 1 aromatic heterocycles. The zero-order valence-electron chi connectivity index (χ0n) is 11.1. The van der Waals surface area contributed by atoms with Crippen LogP contribution in [0.1, 0.15) is 36.0 Å². The number of aromatic carboxylic acids is 1. The molecule has 0 unspecified atom stereocenters. The first kappa shape index (κ1) is 12.9. The SMILES string of the molecule is O=C(NCC1(C2CC2)CC1)Nc1cncc(C(=O)O)c1. The normalized spacial score (nSPS) is 19.2. The first-order chi connectivity index (χ1) is 9.59. The highest BCUT2D eigenvalue weighted by Gasteiger charge is 2.53. The summed E-state index contributed by atoms with van der Waals surface area (Å²) < 4.78 is 0. The number of amides is 2. The Labute approximate surface area is 116 Å². The lowest BCUT2D eigenvalue weighted by Crippen LogP contribution is -2.34. The standard InChI is InChI=1S/C14H17N3O3/c18-12(19)9-5-11(7-15-6-9)17-13(20)16-8-14(3-4-14)10-1-2-10/h5-7,10H,1-4,8H2,(H,18,19)(H2,16,17,20). The van der Waals surface area contributed by atoms with Crippen LogP contribution in [0.3, 0.4) is 0 Å². The average Bonchev–Trinajstić information content (AvgIpc) is 3.27. The van der Waals surface area contributed by atoms with Crippen molar-refractivity contribution in [2.24, 2.45) is 11.3 Å². The van der Waals surface area contributed by atoms with Crippen molar-refractivity contribution in [1.29, 1.82) is 0 Å². The lowest BCUT2D eigenvalue weighted by atomic mass is 10.0. The van der Waals surface area contributed by atoms with E-state index in [4.69, 9.17) is 5.11 Å². The minimum atomic E-state index is -1.06. The molecule has 0 aliphatic heterocycles. The molecule has 3 rings (SSSR count). The summed E-state index contributed by atoms with van der Waals surface area (Å²) in [6.45, 7) is 0.704. The fraction of sp³-hybridized carbons (Fsp3) is 0.500. The molecule has 6 heteroatoms. The zero-order valence-corrected chi connectivity index (χ0v) is 11.1. The predicted molar refractivity (Wildman–Crippen MR) is 72.6 cm³/mol. The molecule has 106 valence electrons. The van der Waals surface area contributed by atoms with E-state index >= 15 is 0 Å². The van der Waals surface area contributed by atoms with Crippen LogP contribution in [0, 0.1) is 11.3 Å². The van der Waals surface area contributed by atoms with Gasteiger partial charge in [0.1, 0.15) is 0 Å². The fourth-order valence-corrected chi connectivity index (χ4v) is 2.64. The van der Waals surface area contributed by atoms with Gasteiger partial charge in [0.05, 0.1) is 17.4 Å². The highest BCUT2D eigenvalue weighted by molar-refractivity contribution is 5.92. The van der Waals surface area contributed by atoms with Gasteiger partial charge in [-0.25, -0.2) is 9.59 Å². The van der Waals surface area contributed by atoms with E-state index < -0.39 is 5.97 Å². The molecule has 0 bridgehead atoms. The summed E-state index contributed by atoms with van der Waals surface area (Å²) in [6.07, 6.45) is 7.65. The highest BCUT2D eigenvalue weighted by Crippen LogP contribution is 2.60. The largest absolute Gasteiger partial charge is 0.478 e. The number of carboxylic acid groups (broad SMARTS) is 1. The Morgan fingerprint density at radius 3 is 2.70 bits per heavy atom. The molecule has 2 aliphatic carbocycles. The van der Waals surface area contributed by atoms with Crippen LogP contribution in [-0.4, -0.2) is 28.6 Å². The lowest BCUT2D eigenvalue weighted by Gasteiger charge is -2.15. The first-order valence-electron chi connectivity index (χ1n) is 6.82. The van der Waals surface area contributed by atoms with Gasteiger partial charge >= 0.3 is 12.0 Å². The highest BCUT2D eigenvalue weighted by atomic mass is 16.4. The summed E-state index contributed by atoms with van der Waals surface area (Å²) in [4.78, 5) is 26.4. The van der Waals surface area contributed by atoms with Crippen molar-refractivity contribution in [2.45, 2.75) is 25.7 Å². The molecule has 0 spiro atoms. The summed E-state index contributed by atoms with van der Waals surface area (Å²) in [5.74, 6) is -0.271. The van der Waals surface area contributed by atoms with Gasteiger partial charge in [-0.2, -0.15) is 0 Å². The van der Waals surface area contributed by atoms with E-state index in [0.29, 0.717) is 17.6 Å². The number of carbonyl (C=O) groups is 2. The van der Waals surface area contributed by atoms with Crippen LogP contribution in [0.25, 0.3) is 0 Å². The molecule has 0 atom stereocenters. The summed E-state index contributed by atoms with van der Waals surface area (Å²) in [7, 11) is 0. The van der Waals surface area contributed by atoms with Gasteiger partial charge in [0.25, 0.3) is 0 Å². The monoisotopic (exact) mass is 275 g/mol. The zero-order chi connectivity index (χ0) is 14.2. The minimum absolute atomic E-state index is 0.0550. The van der Waals surface area contributed by atoms with Gasteiger partial charge in [-0.3, -0.25) is 4.98 Å². The number of nitrogens with zero attached hydrogens (tertiary/aromatic N) is 1. The van der Waals surface area contributed by atoms with Crippen molar-refractivity contribution in [3.05, 3.63) is 24.0 Å². The second-order valence-electron chi connectivity index (χ2n) is 5.71. The third kappa shape index (κ3) is 2.74. The quantitative estimate of drug-likeness (QED) is 0.767. The number of aromatic nitrogens is 1. The molecule has 3 N–H and O–H groups in total. The Kier molecular flexibility index (Phi) is 3.08. The van der Waals surface area contributed by atoms with E-state index in [1.165, 1.54) is 44.1 Å². The third-order valence-electron chi connectivity index (χ3n) is 4.18.